The molecule has 0 heterocycles. The number of hydrogen-bond acceptors (Lipinski definition) is 2. The van der Waals surface area contributed by atoms with Crippen LogP contribution in [0, 0.1) is 11.3 Å². The molecule has 1 atom stereocenters. The zero-order valence-electron chi connectivity index (χ0n) is 12.4. The number of carbonyl (C=O) groups excluding carboxylic acids is 1. The minimum atomic E-state index is -0.849. The molecule has 1 aliphatic carbocycles. The minimum Gasteiger partial charge on any atom is -0.481 e. The van der Waals surface area contributed by atoms with Crippen molar-refractivity contribution in [3.8, 4) is 0 Å². The second-order valence-electron chi connectivity index (χ2n) is 6.67. The Balaban J connectivity index is 2.39. The van der Waals surface area contributed by atoms with Crippen molar-refractivity contribution in [2.75, 3.05) is 0 Å². The first-order valence-corrected chi connectivity index (χ1v) is 7.31. The van der Waals surface area contributed by atoms with Crippen LogP contribution < -0.4 is 5.32 Å². The molecule has 110 valence electrons. The van der Waals surface area contributed by atoms with Crippen LogP contribution in [0.2, 0.25) is 0 Å². The fourth-order valence-electron chi connectivity index (χ4n) is 2.96. The number of carbonyl (C=O) groups is 2. The van der Waals surface area contributed by atoms with Crippen LogP contribution in [0.15, 0.2) is 0 Å². The van der Waals surface area contributed by atoms with Crippen molar-refractivity contribution in [1.82, 2.24) is 5.32 Å². The van der Waals surface area contributed by atoms with Gasteiger partial charge in [-0.25, -0.2) is 0 Å². The monoisotopic (exact) mass is 269 g/mol. The summed E-state index contributed by atoms with van der Waals surface area (Å²) >= 11 is 0. The molecule has 1 saturated carbocycles. The summed E-state index contributed by atoms with van der Waals surface area (Å²) < 4.78 is 0. The summed E-state index contributed by atoms with van der Waals surface area (Å²) in [5.41, 5.74) is -0.484. The van der Waals surface area contributed by atoms with E-state index in [1.165, 1.54) is 32.1 Å². The Morgan fingerprint density at radius 1 is 1.21 bits per heavy atom. The predicted molar refractivity (Wildman–Crippen MR) is 74.8 cm³/mol. The lowest BCUT2D eigenvalue weighted by Crippen LogP contribution is -2.40. The van der Waals surface area contributed by atoms with Gasteiger partial charge in [0.25, 0.3) is 0 Å². The quantitative estimate of drug-likeness (QED) is 0.779. The van der Waals surface area contributed by atoms with E-state index >= 15 is 0 Å². The highest BCUT2D eigenvalue weighted by Gasteiger charge is 2.27. The summed E-state index contributed by atoms with van der Waals surface area (Å²) in [5.74, 6) is -0.289. The van der Waals surface area contributed by atoms with Gasteiger partial charge in [0, 0.05) is 12.5 Å². The van der Waals surface area contributed by atoms with Gasteiger partial charge in [0.2, 0.25) is 5.91 Å². The Morgan fingerprint density at radius 2 is 1.79 bits per heavy atom. The second-order valence-corrected chi connectivity index (χ2v) is 6.67. The molecule has 0 aromatic carbocycles. The molecule has 0 spiro atoms. The largest absolute Gasteiger partial charge is 0.481 e. The summed E-state index contributed by atoms with van der Waals surface area (Å²) in [6, 6.07) is 0.202. The summed E-state index contributed by atoms with van der Waals surface area (Å²) in [6.45, 7) is 5.72. The molecule has 0 aromatic rings. The Bertz CT molecular complexity index is 319. The van der Waals surface area contributed by atoms with Crippen LogP contribution >= 0.6 is 0 Å². The molecule has 4 heteroatoms. The lowest BCUT2D eigenvalue weighted by molar-refractivity contribution is -0.139. The topological polar surface area (TPSA) is 66.4 Å². The van der Waals surface area contributed by atoms with Crippen molar-refractivity contribution in [3.63, 3.8) is 0 Å². The van der Waals surface area contributed by atoms with Crippen molar-refractivity contribution >= 4 is 11.9 Å². The molecule has 0 bridgehead atoms. The number of carboxylic acids is 1. The van der Waals surface area contributed by atoms with Crippen molar-refractivity contribution in [2.24, 2.45) is 11.3 Å². The molecule has 0 radical (unpaired) electrons. The SMILES string of the molecule is C[C@H](NC(=O)CC(C)(C)CC(=O)O)C1CCCCC1. The molecule has 0 saturated heterocycles. The molecular weight excluding hydrogens is 242 g/mol. The van der Waals surface area contributed by atoms with E-state index in [-0.39, 0.29) is 24.8 Å². The van der Waals surface area contributed by atoms with Crippen LogP contribution in [0.4, 0.5) is 0 Å². The fourth-order valence-corrected chi connectivity index (χ4v) is 2.96. The second kappa shape index (κ2) is 6.92. The maximum atomic E-state index is 12.0. The third-order valence-electron chi connectivity index (χ3n) is 4.01. The van der Waals surface area contributed by atoms with Crippen LogP contribution in [-0.4, -0.2) is 23.0 Å². The molecule has 1 fully saturated rings. The van der Waals surface area contributed by atoms with Crippen LogP contribution in [0.5, 0.6) is 0 Å². The Kier molecular flexibility index (Phi) is 5.83. The van der Waals surface area contributed by atoms with Gasteiger partial charge < -0.3 is 10.4 Å². The Morgan fingerprint density at radius 3 is 2.32 bits per heavy atom. The van der Waals surface area contributed by atoms with Gasteiger partial charge in [-0.15, -0.1) is 0 Å². The molecule has 0 aromatic heterocycles. The van der Waals surface area contributed by atoms with E-state index in [2.05, 4.69) is 12.2 Å². The number of nitrogens with one attached hydrogen (secondary N) is 1. The first-order chi connectivity index (χ1) is 8.80. The summed E-state index contributed by atoms with van der Waals surface area (Å²) in [4.78, 5) is 22.7. The van der Waals surface area contributed by atoms with E-state index in [0.29, 0.717) is 5.92 Å². The lowest BCUT2D eigenvalue weighted by atomic mass is 9.83. The summed E-state index contributed by atoms with van der Waals surface area (Å²) in [7, 11) is 0. The summed E-state index contributed by atoms with van der Waals surface area (Å²) in [6.07, 6.45) is 6.52. The Labute approximate surface area is 116 Å². The van der Waals surface area contributed by atoms with E-state index in [4.69, 9.17) is 5.11 Å². The normalized spacial score (nSPS) is 18.9. The van der Waals surface area contributed by atoms with E-state index in [0.717, 1.165) is 0 Å². The standard InChI is InChI=1S/C15H27NO3/c1-11(12-7-5-4-6-8-12)16-13(17)9-15(2,3)10-14(18)19/h11-12H,4-10H2,1-3H3,(H,16,17)(H,18,19)/t11-/m0/s1. The van der Waals surface area contributed by atoms with Crippen LogP contribution in [0.1, 0.15) is 65.7 Å². The van der Waals surface area contributed by atoms with E-state index in [9.17, 15) is 9.59 Å². The van der Waals surface area contributed by atoms with Crippen molar-refractivity contribution in [1.29, 1.82) is 0 Å². The highest BCUT2D eigenvalue weighted by atomic mass is 16.4. The third kappa shape index (κ3) is 6.08. The summed E-state index contributed by atoms with van der Waals surface area (Å²) in [5, 5.41) is 11.9. The third-order valence-corrected chi connectivity index (χ3v) is 4.01. The highest BCUT2D eigenvalue weighted by molar-refractivity contribution is 5.78. The molecule has 19 heavy (non-hydrogen) atoms. The number of aliphatic carboxylic acids is 1. The molecule has 1 aliphatic rings. The van der Waals surface area contributed by atoms with E-state index < -0.39 is 11.4 Å². The fraction of sp³-hybridized carbons (Fsp3) is 0.867. The zero-order valence-corrected chi connectivity index (χ0v) is 12.4. The van der Waals surface area contributed by atoms with Crippen molar-refractivity contribution in [2.45, 2.75) is 71.8 Å². The lowest BCUT2D eigenvalue weighted by Gasteiger charge is -2.29. The van der Waals surface area contributed by atoms with Crippen LogP contribution in [0.3, 0.4) is 0 Å². The molecule has 4 nitrogen and oxygen atoms in total. The van der Waals surface area contributed by atoms with E-state index in [1.807, 2.05) is 13.8 Å². The zero-order chi connectivity index (χ0) is 14.5. The van der Waals surface area contributed by atoms with Gasteiger partial charge in [0.15, 0.2) is 0 Å². The molecule has 0 unspecified atom stereocenters. The molecule has 1 amide bonds. The minimum absolute atomic E-state index is 0.0238. The number of hydrogen-bond donors (Lipinski definition) is 2. The van der Waals surface area contributed by atoms with Crippen LogP contribution in [-0.2, 0) is 9.59 Å². The maximum Gasteiger partial charge on any atom is 0.303 e. The smallest absolute Gasteiger partial charge is 0.303 e. The number of amides is 1. The predicted octanol–water partition coefficient (Wildman–Crippen LogP) is 2.96. The van der Waals surface area contributed by atoms with Crippen molar-refractivity contribution in [3.05, 3.63) is 0 Å². The average Bonchev–Trinajstić information content (AvgIpc) is 2.27. The van der Waals surface area contributed by atoms with Gasteiger partial charge in [-0.05, 0) is 31.1 Å². The molecular formula is C15H27NO3. The maximum absolute atomic E-state index is 12.0. The number of carboxylic acid groups (broad SMARTS) is 1. The molecule has 0 aliphatic heterocycles. The van der Waals surface area contributed by atoms with E-state index in [1.54, 1.807) is 0 Å². The molecule has 1 rings (SSSR count). The van der Waals surface area contributed by atoms with Gasteiger partial charge >= 0.3 is 5.97 Å². The van der Waals surface area contributed by atoms with Gasteiger partial charge in [-0.2, -0.15) is 0 Å². The van der Waals surface area contributed by atoms with Gasteiger partial charge in [-0.3, -0.25) is 9.59 Å². The average molecular weight is 269 g/mol. The highest BCUT2D eigenvalue weighted by Crippen LogP contribution is 2.28. The van der Waals surface area contributed by atoms with Gasteiger partial charge in [-0.1, -0.05) is 33.1 Å². The van der Waals surface area contributed by atoms with Gasteiger partial charge in [0.05, 0.1) is 6.42 Å². The molecule has 2 N–H and O–H groups in total. The first kappa shape index (κ1) is 16.0. The van der Waals surface area contributed by atoms with Crippen LogP contribution in [0.25, 0.3) is 0 Å². The first-order valence-electron chi connectivity index (χ1n) is 7.31. The van der Waals surface area contributed by atoms with Crippen molar-refractivity contribution < 1.29 is 14.7 Å². The number of rotatable bonds is 6. The Hall–Kier alpha value is -1.06. The van der Waals surface area contributed by atoms with Gasteiger partial charge in [0.1, 0.15) is 0 Å².